The normalized spacial score (nSPS) is 10.8. The Morgan fingerprint density at radius 1 is 1.03 bits per heavy atom. The van der Waals surface area contributed by atoms with Crippen molar-refractivity contribution < 1.29 is 14.6 Å². The van der Waals surface area contributed by atoms with Crippen molar-refractivity contribution in [3.05, 3.63) is 91.0 Å². The number of aryl methyl sites for hydroxylation is 1. The molecule has 1 amide bonds. The van der Waals surface area contributed by atoms with Crippen LogP contribution in [0.4, 0.5) is 23.1 Å². The van der Waals surface area contributed by atoms with Crippen LogP contribution in [-0.2, 0) is 6.54 Å². The molecular formula is C28H27N7O3. The molecule has 4 N–H and O–H groups in total. The van der Waals surface area contributed by atoms with E-state index in [0.717, 1.165) is 18.7 Å². The molecule has 192 valence electrons. The van der Waals surface area contributed by atoms with Gasteiger partial charge in [0.2, 0.25) is 5.95 Å². The van der Waals surface area contributed by atoms with Gasteiger partial charge in [-0.05, 0) is 48.9 Å². The summed E-state index contributed by atoms with van der Waals surface area (Å²) in [5.41, 5.74) is 2.58. The first kappa shape index (κ1) is 24.6. The summed E-state index contributed by atoms with van der Waals surface area (Å²) in [6.45, 7) is 1.47. The summed E-state index contributed by atoms with van der Waals surface area (Å²) >= 11 is 0. The Morgan fingerprint density at radius 2 is 1.82 bits per heavy atom. The van der Waals surface area contributed by atoms with Gasteiger partial charge in [-0.1, -0.05) is 18.2 Å². The Morgan fingerprint density at radius 3 is 2.55 bits per heavy atom. The van der Waals surface area contributed by atoms with Gasteiger partial charge >= 0.3 is 0 Å². The fraction of sp³-hybridized carbons (Fsp3) is 0.143. The van der Waals surface area contributed by atoms with E-state index in [1.54, 1.807) is 36.8 Å². The molecule has 0 radical (unpaired) electrons. The van der Waals surface area contributed by atoms with Crippen molar-refractivity contribution in [1.82, 2.24) is 19.5 Å². The average Bonchev–Trinajstić information content (AvgIpc) is 3.46. The monoisotopic (exact) mass is 509 g/mol. The zero-order valence-electron chi connectivity index (χ0n) is 20.8. The quantitative estimate of drug-likeness (QED) is 0.193. The minimum absolute atomic E-state index is 0.00535. The smallest absolute Gasteiger partial charge is 0.255 e. The Hall–Kier alpha value is -5.12. The van der Waals surface area contributed by atoms with Gasteiger partial charge in [0.25, 0.3) is 5.91 Å². The van der Waals surface area contributed by atoms with Gasteiger partial charge in [-0.2, -0.15) is 4.98 Å². The maximum Gasteiger partial charge on any atom is 0.255 e. The van der Waals surface area contributed by atoms with Gasteiger partial charge < -0.3 is 30.4 Å². The molecule has 5 aromatic rings. The molecule has 10 heteroatoms. The standard InChI is InChI=1S/C28H27N7O3/c1-38-25-16-22-23(17-24(25)36)33-28(30-12-5-14-35-15-13-29-18-35)34-26(22)31-20-8-10-21(11-9-20)32-27(37)19-6-3-2-4-7-19/h2-4,6-11,13,15-18,36H,5,12,14H2,1H3,(H,32,37)(H2,30,31,33,34). The SMILES string of the molecule is COc1cc2c(Nc3ccc(NC(=O)c4ccccc4)cc3)nc(NCCCn3ccnc3)nc2cc1O. The first-order chi connectivity index (χ1) is 18.6. The third kappa shape index (κ3) is 5.81. The molecule has 0 aliphatic rings. The number of anilines is 4. The van der Waals surface area contributed by atoms with E-state index in [-0.39, 0.29) is 11.7 Å². The third-order valence-electron chi connectivity index (χ3n) is 5.87. The molecule has 0 saturated carbocycles. The largest absolute Gasteiger partial charge is 0.504 e. The zero-order valence-corrected chi connectivity index (χ0v) is 20.8. The zero-order chi connectivity index (χ0) is 26.3. The minimum atomic E-state index is -0.177. The highest BCUT2D eigenvalue weighted by atomic mass is 16.5. The number of nitrogens with one attached hydrogen (secondary N) is 3. The van der Waals surface area contributed by atoms with E-state index in [0.29, 0.717) is 46.2 Å². The molecule has 10 nitrogen and oxygen atoms in total. The molecule has 0 saturated heterocycles. The summed E-state index contributed by atoms with van der Waals surface area (Å²) in [5, 5.41) is 20.5. The summed E-state index contributed by atoms with van der Waals surface area (Å²) in [6.07, 6.45) is 6.30. The van der Waals surface area contributed by atoms with Crippen LogP contribution in [0, 0.1) is 0 Å². The van der Waals surface area contributed by atoms with Gasteiger partial charge in [0.1, 0.15) is 5.82 Å². The predicted molar refractivity (Wildman–Crippen MR) is 147 cm³/mol. The lowest BCUT2D eigenvalue weighted by Crippen LogP contribution is -2.11. The van der Waals surface area contributed by atoms with Crippen LogP contribution in [0.15, 0.2) is 85.5 Å². The van der Waals surface area contributed by atoms with E-state index < -0.39 is 0 Å². The fourth-order valence-corrected chi connectivity index (χ4v) is 3.93. The molecule has 2 aromatic heterocycles. The molecule has 38 heavy (non-hydrogen) atoms. The van der Waals surface area contributed by atoms with Crippen molar-refractivity contribution in [3.63, 3.8) is 0 Å². The van der Waals surface area contributed by atoms with Crippen molar-refractivity contribution in [2.75, 3.05) is 29.6 Å². The molecule has 0 bridgehead atoms. The number of ether oxygens (including phenoxy) is 1. The molecule has 0 spiro atoms. The van der Waals surface area contributed by atoms with Crippen LogP contribution < -0.4 is 20.7 Å². The highest BCUT2D eigenvalue weighted by molar-refractivity contribution is 6.04. The van der Waals surface area contributed by atoms with Crippen LogP contribution in [0.1, 0.15) is 16.8 Å². The van der Waals surface area contributed by atoms with Crippen LogP contribution in [0.5, 0.6) is 11.5 Å². The number of hydrogen-bond donors (Lipinski definition) is 4. The van der Waals surface area contributed by atoms with Crippen LogP contribution in [0.3, 0.4) is 0 Å². The first-order valence-corrected chi connectivity index (χ1v) is 12.1. The predicted octanol–water partition coefficient (Wildman–Crippen LogP) is 5.04. The lowest BCUT2D eigenvalue weighted by Gasteiger charge is -2.14. The number of methoxy groups -OCH3 is 1. The first-order valence-electron chi connectivity index (χ1n) is 12.1. The number of aromatic nitrogens is 4. The van der Waals surface area contributed by atoms with Gasteiger partial charge in [-0.15, -0.1) is 0 Å². The Kier molecular flexibility index (Phi) is 7.30. The van der Waals surface area contributed by atoms with E-state index in [9.17, 15) is 9.90 Å². The summed E-state index contributed by atoms with van der Waals surface area (Å²) in [4.78, 5) is 25.8. The number of phenolic OH excluding ortho intramolecular Hbond substituents is 1. The van der Waals surface area contributed by atoms with Crippen molar-refractivity contribution in [2.45, 2.75) is 13.0 Å². The van der Waals surface area contributed by atoms with Crippen molar-refractivity contribution in [1.29, 1.82) is 0 Å². The van der Waals surface area contributed by atoms with Crippen LogP contribution in [-0.4, -0.2) is 44.2 Å². The summed E-state index contributed by atoms with van der Waals surface area (Å²) in [7, 11) is 1.49. The molecule has 5 rings (SSSR count). The Bertz CT molecular complexity index is 1520. The van der Waals surface area contributed by atoms with Gasteiger partial charge in [-0.3, -0.25) is 4.79 Å². The lowest BCUT2D eigenvalue weighted by atomic mass is 10.2. The maximum absolute atomic E-state index is 12.4. The number of nitrogens with zero attached hydrogens (tertiary/aromatic N) is 4. The molecule has 0 aliphatic carbocycles. The number of hydrogen-bond acceptors (Lipinski definition) is 8. The molecular weight excluding hydrogens is 482 g/mol. The molecule has 0 fully saturated rings. The maximum atomic E-state index is 12.4. The van der Waals surface area contributed by atoms with Crippen molar-refractivity contribution in [2.24, 2.45) is 0 Å². The van der Waals surface area contributed by atoms with Gasteiger partial charge in [0.05, 0.1) is 19.0 Å². The second-order valence-corrected chi connectivity index (χ2v) is 8.54. The molecule has 2 heterocycles. The number of aromatic hydroxyl groups is 1. The minimum Gasteiger partial charge on any atom is -0.504 e. The van der Waals surface area contributed by atoms with E-state index in [4.69, 9.17) is 4.74 Å². The Balaban J connectivity index is 1.34. The number of phenols is 1. The number of amides is 1. The molecule has 0 aliphatic heterocycles. The lowest BCUT2D eigenvalue weighted by molar-refractivity contribution is 0.102. The highest BCUT2D eigenvalue weighted by Gasteiger charge is 2.13. The van der Waals surface area contributed by atoms with Crippen LogP contribution in [0.25, 0.3) is 10.9 Å². The Labute approximate surface area is 219 Å². The number of fused-ring (bicyclic) bond motifs is 1. The second kappa shape index (κ2) is 11.3. The highest BCUT2D eigenvalue weighted by Crippen LogP contribution is 2.35. The number of rotatable bonds is 10. The molecule has 3 aromatic carbocycles. The van der Waals surface area contributed by atoms with Gasteiger partial charge in [0, 0.05) is 53.9 Å². The van der Waals surface area contributed by atoms with Crippen LogP contribution >= 0.6 is 0 Å². The summed E-state index contributed by atoms with van der Waals surface area (Å²) in [6, 6.07) is 19.6. The van der Waals surface area contributed by atoms with E-state index >= 15 is 0 Å². The second-order valence-electron chi connectivity index (χ2n) is 8.54. The van der Waals surface area contributed by atoms with E-state index in [1.165, 1.54) is 7.11 Å². The molecule has 0 unspecified atom stereocenters. The van der Waals surface area contributed by atoms with Crippen LogP contribution in [0.2, 0.25) is 0 Å². The summed E-state index contributed by atoms with van der Waals surface area (Å²) < 4.78 is 7.30. The van der Waals surface area contributed by atoms with Crippen molar-refractivity contribution in [3.8, 4) is 11.5 Å². The summed E-state index contributed by atoms with van der Waals surface area (Å²) in [5.74, 6) is 1.12. The fourth-order valence-electron chi connectivity index (χ4n) is 3.93. The van der Waals surface area contributed by atoms with Gasteiger partial charge in [0.15, 0.2) is 11.5 Å². The average molecular weight is 510 g/mol. The van der Waals surface area contributed by atoms with E-state index in [1.807, 2.05) is 53.2 Å². The molecule has 0 atom stereocenters. The van der Waals surface area contributed by atoms with Gasteiger partial charge in [-0.25, -0.2) is 9.97 Å². The third-order valence-corrected chi connectivity index (χ3v) is 5.87. The van der Waals surface area contributed by atoms with Crippen molar-refractivity contribution >= 4 is 40.0 Å². The number of benzene rings is 3. The van der Waals surface area contributed by atoms with E-state index in [2.05, 4.69) is 30.9 Å². The number of imidazole rings is 1. The topological polar surface area (TPSA) is 126 Å². The number of carbonyl (C=O) groups excluding carboxylic acids is 1. The number of carbonyl (C=O) groups is 1.